The summed E-state index contributed by atoms with van der Waals surface area (Å²) in [7, 11) is 1.56. The van der Waals surface area contributed by atoms with Crippen LogP contribution in [0.2, 0.25) is 0 Å². The van der Waals surface area contributed by atoms with Crippen molar-refractivity contribution in [2.24, 2.45) is 0 Å². The van der Waals surface area contributed by atoms with Crippen LogP contribution in [0.5, 0.6) is 5.75 Å². The first kappa shape index (κ1) is 14.8. The van der Waals surface area contributed by atoms with Gasteiger partial charge in [-0.1, -0.05) is 19.1 Å². The Hall–Kier alpha value is -2.56. The number of Topliss-reactive ketones (excluding diaryl/α,β-unsaturated/α-hetero) is 1. The maximum Gasteiger partial charge on any atom is 0.244 e. The number of para-hydroxylation sites is 2. The number of carbonyl (C=O) groups excluding carboxylic acids is 2. The summed E-state index contributed by atoms with van der Waals surface area (Å²) in [6.07, 6.45) is 3.87. The Bertz CT molecular complexity index is 646. The van der Waals surface area contributed by atoms with Gasteiger partial charge >= 0.3 is 0 Å². The molecule has 0 saturated heterocycles. The van der Waals surface area contributed by atoms with E-state index in [2.05, 4.69) is 5.32 Å². The van der Waals surface area contributed by atoms with Crippen molar-refractivity contribution in [2.45, 2.75) is 19.9 Å². The maximum atomic E-state index is 12.0. The molecule has 0 aliphatic carbocycles. The van der Waals surface area contributed by atoms with Crippen LogP contribution in [0.4, 0.5) is 5.69 Å². The van der Waals surface area contributed by atoms with Gasteiger partial charge in [0, 0.05) is 24.4 Å². The molecule has 0 aliphatic heterocycles. The van der Waals surface area contributed by atoms with Gasteiger partial charge in [0.15, 0.2) is 5.78 Å². The average molecular weight is 286 g/mol. The first-order valence-corrected chi connectivity index (χ1v) is 6.76. The largest absolute Gasteiger partial charge is 0.495 e. The Kier molecular flexibility index (Phi) is 4.77. The summed E-state index contributed by atoms with van der Waals surface area (Å²) in [5.41, 5.74) is 1.25. The van der Waals surface area contributed by atoms with Crippen LogP contribution in [0.25, 0.3) is 0 Å². The number of amides is 1. The molecule has 0 unspecified atom stereocenters. The zero-order chi connectivity index (χ0) is 15.2. The van der Waals surface area contributed by atoms with Gasteiger partial charge in [-0.05, 0) is 18.2 Å². The highest BCUT2D eigenvalue weighted by atomic mass is 16.5. The third kappa shape index (κ3) is 3.72. The SMILES string of the molecule is CCC(=O)c1ccn(CC(=O)Nc2ccccc2OC)c1. The molecule has 0 spiro atoms. The van der Waals surface area contributed by atoms with E-state index in [9.17, 15) is 9.59 Å². The van der Waals surface area contributed by atoms with Gasteiger partial charge in [-0.15, -0.1) is 0 Å². The topological polar surface area (TPSA) is 60.3 Å². The van der Waals surface area contributed by atoms with E-state index in [1.165, 1.54) is 0 Å². The van der Waals surface area contributed by atoms with Crippen molar-refractivity contribution < 1.29 is 14.3 Å². The van der Waals surface area contributed by atoms with Gasteiger partial charge in [-0.2, -0.15) is 0 Å². The number of anilines is 1. The monoisotopic (exact) mass is 286 g/mol. The van der Waals surface area contributed by atoms with Crippen LogP contribution in [0.3, 0.4) is 0 Å². The van der Waals surface area contributed by atoms with Gasteiger partial charge < -0.3 is 14.6 Å². The molecule has 21 heavy (non-hydrogen) atoms. The maximum absolute atomic E-state index is 12.0. The summed E-state index contributed by atoms with van der Waals surface area (Å²) in [5.74, 6) is 0.504. The number of hydrogen-bond acceptors (Lipinski definition) is 3. The number of nitrogens with zero attached hydrogens (tertiary/aromatic N) is 1. The van der Waals surface area contributed by atoms with E-state index >= 15 is 0 Å². The number of nitrogens with one attached hydrogen (secondary N) is 1. The van der Waals surface area contributed by atoms with Crippen molar-refractivity contribution in [1.29, 1.82) is 0 Å². The zero-order valence-electron chi connectivity index (χ0n) is 12.1. The minimum atomic E-state index is -0.175. The van der Waals surface area contributed by atoms with E-state index < -0.39 is 0 Å². The predicted molar refractivity (Wildman–Crippen MR) is 80.7 cm³/mol. The molecule has 0 saturated carbocycles. The highest BCUT2D eigenvalue weighted by Gasteiger charge is 2.09. The molecule has 0 atom stereocenters. The zero-order valence-corrected chi connectivity index (χ0v) is 12.1. The predicted octanol–water partition coefficient (Wildman–Crippen LogP) is 2.73. The normalized spacial score (nSPS) is 10.2. The van der Waals surface area contributed by atoms with Crippen molar-refractivity contribution in [3.63, 3.8) is 0 Å². The van der Waals surface area contributed by atoms with Gasteiger partial charge in [0.25, 0.3) is 0 Å². The molecule has 2 rings (SSSR count). The molecule has 1 N–H and O–H groups in total. The van der Waals surface area contributed by atoms with Crippen LogP contribution >= 0.6 is 0 Å². The summed E-state index contributed by atoms with van der Waals surface area (Å²) >= 11 is 0. The number of ketones is 1. The van der Waals surface area contributed by atoms with Crippen molar-refractivity contribution in [3.8, 4) is 5.75 Å². The molecule has 0 fully saturated rings. The third-order valence-corrected chi connectivity index (χ3v) is 3.10. The van der Waals surface area contributed by atoms with Crippen molar-refractivity contribution in [1.82, 2.24) is 4.57 Å². The number of ether oxygens (including phenoxy) is 1. The number of hydrogen-bond donors (Lipinski definition) is 1. The minimum Gasteiger partial charge on any atom is -0.495 e. The van der Waals surface area contributed by atoms with Crippen LogP contribution in [-0.2, 0) is 11.3 Å². The van der Waals surface area contributed by atoms with Crippen molar-refractivity contribution in [2.75, 3.05) is 12.4 Å². The van der Waals surface area contributed by atoms with Crippen LogP contribution in [0, 0.1) is 0 Å². The molecule has 2 aromatic rings. The summed E-state index contributed by atoms with van der Waals surface area (Å²) < 4.78 is 6.87. The summed E-state index contributed by atoms with van der Waals surface area (Å²) in [5, 5.41) is 2.79. The summed E-state index contributed by atoms with van der Waals surface area (Å²) in [6, 6.07) is 8.94. The smallest absolute Gasteiger partial charge is 0.244 e. The van der Waals surface area contributed by atoms with E-state index in [-0.39, 0.29) is 18.2 Å². The molecular weight excluding hydrogens is 268 g/mol. The van der Waals surface area contributed by atoms with E-state index in [4.69, 9.17) is 4.74 Å². The third-order valence-electron chi connectivity index (χ3n) is 3.10. The minimum absolute atomic E-state index is 0.0684. The highest BCUT2D eigenvalue weighted by molar-refractivity contribution is 5.96. The Morgan fingerprint density at radius 1 is 1.24 bits per heavy atom. The molecule has 1 aromatic heterocycles. The lowest BCUT2D eigenvalue weighted by Gasteiger charge is -2.10. The van der Waals surface area contributed by atoms with E-state index in [0.717, 1.165) is 0 Å². The second-order valence-corrected chi connectivity index (χ2v) is 4.60. The fraction of sp³-hybridized carbons (Fsp3) is 0.250. The molecular formula is C16H18N2O3. The first-order chi connectivity index (χ1) is 10.1. The Labute approximate surface area is 123 Å². The first-order valence-electron chi connectivity index (χ1n) is 6.76. The Morgan fingerprint density at radius 3 is 2.71 bits per heavy atom. The van der Waals surface area contributed by atoms with Gasteiger partial charge in [0.2, 0.25) is 5.91 Å². The van der Waals surface area contributed by atoms with Crippen LogP contribution in [0.15, 0.2) is 42.7 Å². The standard InChI is InChI=1S/C16H18N2O3/c1-3-14(19)12-8-9-18(10-12)11-16(20)17-13-6-4-5-7-15(13)21-2/h4-10H,3,11H2,1-2H3,(H,17,20). The van der Waals surface area contributed by atoms with Gasteiger partial charge in [-0.3, -0.25) is 9.59 Å². The highest BCUT2D eigenvalue weighted by Crippen LogP contribution is 2.22. The molecule has 1 amide bonds. The summed E-state index contributed by atoms with van der Waals surface area (Å²) in [4.78, 5) is 23.6. The van der Waals surface area contributed by atoms with Crippen molar-refractivity contribution >= 4 is 17.4 Å². The number of aromatic nitrogens is 1. The molecule has 0 aliphatic rings. The second kappa shape index (κ2) is 6.74. The van der Waals surface area contributed by atoms with Crippen molar-refractivity contribution in [3.05, 3.63) is 48.3 Å². The summed E-state index contributed by atoms with van der Waals surface area (Å²) in [6.45, 7) is 1.96. The molecule has 5 heteroatoms. The quantitative estimate of drug-likeness (QED) is 0.831. The molecule has 0 bridgehead atoms. The molecule has 0 radical (unpaired) electrons. The lowest BCUT2D eigenvalue weighted by atomic mass is 10.2. The molecule has 110 valence electrons. The Morgan fingerprint density at radius 2 is 2.00 bits per heavy atom. The van der Waals surface area contributed by atoms with E-state index in [0.29, 0.717) is 23.4 Å². The number of rotatable bonds is 6. The fourth-order valence-electron chi connectivity index (χ4n) is 2.01. The lowest BCUT2D eigenvalue weighted by molar-refractivity contribution is -0.116. The van der Waals surface area contributed by atoms with Gasteiger partial charge in [0.1, 0.15) is 12.3 Å². The van der Waals surface area contributed by atoms with Crippen LogP contribution < -0.4 is 10.1 Å². The van der Waals surface area contributed by atoms with Gasteiger partial charge in [0.05, 0.1) is 12.8 Å². The van der Waals surface area contributed by atoms with E-state index in [1.807, 2.05) is 19.1 Å². The van der Waals surface area contributed by atoms with Gasteiger partial charge in [-0.25, -0.2) is 0 Å². The lowest BCUT2D eigenvalue weighted by Crippen LogP contribution is -2.18. The average Bonchev–Trinajstić information content (AvgIpc) is 2.95. The Balaban J connectivity index is 2.01. The van der Waals surface area contributed by atoms with E-state index in [1.54, 1.807) is 42.3 Å². The fourth-order valence-corrected chi connectivity index (χ4v) is 2.01. The second-order valence-electron chi connectivity index (χ2n) is 4.60. The number of benzene rings is 1. The molecule has 1 heterocycles. The van der Waals surface area contributed by atoms with Crippen LogP contribution in [0.1, 0.15) is 23.7 Å². The molecule has 5 nitrogen and oxygen atoms in total. The van der Waals surface area contributed by atoms with Crippen LogP contribution in [-0.4, -0.2) is 23.4 Å². The molecule has 1 aromatic carbocycles. The number of methoxy groups -OCH3 is 1. The number of carbonyl (C=O) groups is 2.